The highest BCUT2D eigenvalue weighted by atomic mass is 16.3. The van der Waals surface area contributed by atoms with E-state index in [0.717, 1.165) is 37.9 Å². The third-order valence-corrected chi connectivity index (χ3v) is 4.24. The molecule has 2 atom stereocenters. The van der Waals surface area contributed by atoms with Crippen molar-refractivity contribution < 1.29 is 5.11 Å². The molecule has 1 aliphatic carbocycles. The molecule has 2 unspecified atom stereocenters. The molecule has 3 heteroatoms. The van der Waals surface area contributed by atoms with Crippen molar-refractivity contribution in [3.8, 4) is 0 Å². The van der Waals surface area contributed by atoms with E-state index >= 15 is 0 Å². The quantitative estimate of drug-likeness (QED) is 0.898. The molecular weight excluding hydrogens is 248 g/mol. The molecular formula is C17H22N2O. The van der Waals surface area contributed by atoms with Crippen LogP contribution in [0.3, 0.4) is 0 Å². The highest BCUT2D eigenvalue weighted by Gasteiger charge is 2.19. The summed E-state index contributed by atoms with van der Waals surface area (Å²) in [5.41, 5.74) is 2.35. The molecule has 106 valence electrons. The van der Waals surface area contributed by atoms with Crippen LogP contribution in [0.5, 0.6) is 0 Å². The lowest BCUT2D eigenvalue weighted by Gasteiger charge is -2.26. The predicted molar refractivity (Wildman–Crippen MR) is 81.4 cm³/mol. The Labute approximate surface area is 120 Å². The molecule has 0 amide bonds. The Kier molecular flexibility index (Phi) is 4.28. The SMILES string of the molecule is OC1CCCC(CNCc2ccnc3ccccc23)C1. The van der Waals surface area contributed by atoms with Crippen LogP contribution >= 0.6 is 0 Å². The Morgan fingerprint density at radius 2 is 2.10 bits per heavy atom. The minimum absolute atomic E-state index is 0.0858. The number of aliphatic hydroxyl groups excluding tert-OH is 1. The first-order chi connectivity index (χ1) is 9.83. The van der Waals surface area contributed by atoms with Crippen LogP contribution in [0.15, 0.2) is 36.5 Å². The predicted octanol–water partition coefficient (Wildman–Crippen LogP) is 2.88. The van der Waals surface area contributed by atoms with Crippen molar-refractivity contribution in [3.63, 3.8) is 0 Å². The number of benzene rings is 1. The number of aliphatic hydroxyl groups is 1. The molecule has 0 saturated heterocycles. The number of pyridine rings is 1. The Morgan fingerprint density at radius 3 is 3.00 bits per heavy atom. The molecule has 0 spiro atoms. The van der Waals surface area contributed by atoms with E-state index in [2.05, 4.69) is 34.6 Å². The van der Waals surface area contributed by atoms with Crippen LogP contribution in [0, 0.1) is 5.92 Å². The fraction of sp³-hybridized carbons (Fsp3) is 0.471. The van der Waals surface area contributed by atoms with Gasteiger partial charge in [-0.1, -0.05) is 24.6 Å². The van der Waals surface area contributed by atoms with Gasteiger partial charge in [0.15, 0.2) is 0 Å². The molecule has 0 aliphatic heterocycles. The maximum atomic E-state index is 9.70. The summed E-state index contributed by atoms with van der Waals surface area (Å²) in [6.07, 6.45) is 6.11. The van der Waals surface area contributed by atoms with Gasteiger partial charge in [-0.25, -0.2) is 0 Å². The van der Waals surface area contributed by atoms with Crippen LogP contribution in [0.25, 0.3) is 10.9 Å². The summed E-state index contributed by atoms with van der Waals surface area (Å²) in [5.74, 6) is 0.617. The summed E-state index contributed by atoms with van der Waals surface area (Å²) < 4.78 is 0. The third kappa shape index (κ3) is 3.17. The van der Waals surface area contributed by atoms with Crippen LogP contribution in [0.1, 0.15) is 31.2 Å². The van der Waals surface area contributed by atoms with Crippen molar-refractivity contribution in [2.45, 2.75) is 38.3 Å². The van der Waals surface area contributed by atoms with E-state index in [4.69, 9.17) is 0 Å². The minimum atomic E-state index is -0.0858. The molecule has 0 radical (unpaired) electrons. The second-order valence-corrected chi connectivity index (χ2v) is 5.80. The van der Waals surface area contributed by atoms with E-state index in [1.807, 2.05) is 12.3 Å². The third-order valence-electron chi connectivity index (χ3n) is 4.24. The normalized spacial score (nSPS) is 23.1. The Balaban J connectivity index is 1.60. The summed E-state index contributed by atoms with van der Waals surface area (Å²) in [6, 6.07) is 10.4. The molecule has 20 heavy (non-hydrogen) atoms. The summed E-state index contributed by atoms with van der Waals surface area (Å²) in [4.78, 5) is 4.39. The first-order valence-electron chi connectivity index (χ1n) is 7.54. The first kappa shape index (κ1) is 13.5. The molecule has 1 aromatic heterocycles. The van der Waals surface area contributed by atoms with Crippen molar-refractivity contribution in [2.24, 2.45) is 5.92 Å². The van der Waals surface area contributed by atoms with E-state index in [0.29, 0.717) is 5.92 Å². The van der Waals surface area contributed by atoms with Gasteiger partial charge in [0, 0.05) is 18.1 Å². The van der Waals surface area contributed by atoms with Gasteiger partial charge in [0.1, 0.15) is 0 Å². The zero-order chi connectivity index (χ0) is 13.8. The highest BCUT2D eigenvalue weighted by molar-refractivity contribution is 5.81. The van der Waals surface area contributed by atoms with Crippen LogP contribution < -0.4 is 5.32 Å². The van der Waals surface area contributed by atoms with Gasteiger partial charge < -0.3 is 10.4 Å². The first-order valence-corrected chi connectivity index (χ1v) is 7.54. The van der Waals surface area contributed by atoms with Crippen LogP contribution in [-0.2, 0) is 6.54 Å². The molecule has 3 nitrogen and oxygen atoms in total. The largest absolute Gasteiger partial charge is 0.393 e. The second-order valence-electron chi connectivity index (χ2n) is 5.80. The molecule has 1 aliphatic rings. The van der Waals surface area contributed by atoms with Crippen molar-refractivity contribution >= 4 is 10.9 Å². The van der Waals surface area contributed by atoms with Crippen LogP contribution in [-0.4, -0.2) is 22.7 Å². The Bertz CT molecular complexity index is 564. The number of hydrogen-bond donors (Lipinski definition) is 2. The minimum Gasteiger partial charge on any atom is -0.393 e. The van der Waals surface area contributed by atoms with Crippen molar-refractivity contribution in [1.29, 1.82) is 0 Å². The summed E-state index contributed by atoms with van der Waals surface area (Å²) in [6.45, 7) is 1.86. The number of nitrogens with zero attached hydrogens (tertiary/aromatic N) is 1. The maximum Gasteiger partial charge on any atom is 0.0705 e. The van der Waals surface area contributed by atoms with Gasteiger partial charge in [0.05, 0.1) is 11.6 Å². The number of rotatable bonds is 4. The lowest BCUT2D eigenvalue weighted by molar-refractivity contribution is 0.101. The Morgan fingerprint density at radius 1 is 1.20 bits per heavy atom. The van der Waals surface area contributed by atoms with Gasteiger partial charge in [-0.2, -0.15) is 0 Å². The fourth-order valence-corrected chi connectivity index (χ4v) is 3.17. The summed E-state index contributed by atoms with van der Waals surface area (Å²) in [7, 11) is 0. The molecule has 2 aromatic rings. The van der Waals surface area contributed by atoms with Crippen molar-refractivity contribution in [1.82, 2.24) is 10.3 Å². The van der Waals surface area contributed by atoms with Crippen LogP contribution in [0.4, 0.5) is 0 Å². The van der Waals surface area contributed by atoms with E-state index in [1.54, 1.807) is 0 Å². The van der Waals surface area contributed by atoms with Gasteiger partial charge in [-0.3, -0.25) is 4.98 Å². The number of nitrogens with one attached hydrogen (secondary N) is 1. The van der Waals surface area contributed by atoms with Gasteiger partial charge in [-0.15, -0.1) is 0 Å². The monoisotopic (exact) mass is 270 g/mol. The van der Waals surface area contributed by atoms with Crippen molar-refractivity contribution in [2.75, 3.05) is 6.54 Å². The molecule has 0 bridgehead atoms. The second kappa shape index (κ2) is 6.33. The lowest BCUT2D eigenvalue weighted by Crippen LogP contribution is -2.28. The van der Waals surface area contributed by atoms with Crippen LogP contribution in [0.2, 0.25) is 0 Å². The van der Waals surface area contributed by atoms with Crippen molar-refractivity contribution in [3.05, 3.63) is 42.1 Å². The van der Waals surface area contributed by atoms with E-state index in [-0.39, 0.29) is 6.10 Å². The number of para-hydroxylation sites is 1. The average Bonchev–Trinajstić information content (AvgIpc) is 2.48. The van der Waals surface area contributed by atoms with Gasteiger partial charge in [0.25, 0.3) is 0 Å². The Hall–Kier alpha value is -1.45. The van der Waals surface area contributed by atoms with Gasteiger partial charge in [-0.05, 0) is 49.4 Å². The zero-order valence-corrected chi connectivity index (χ0v) is 11.8. The zero-order valence-electron chi connectivity index (χ0n) is 11.8. The number of hydrogen-bond acceptors (Lipinski definition) is 3. The number of aromatic nitrogens is 1. The maximum absolute atomic E-state index is 9.70. The topological polar surface area (TPSA) is 45.1 Å². The summed E-state index contributed by atoms with van der Waals surface area (Å²) in [5, 5.41) is 14.5. The van der Waals surface area contributed by atoms with E-state index in [1.165, 1.54) is 17.4 Å². The molecule has 1 saturated carbocycles. The molecule has 2 N–H and O–H groups in total. The van der Waals surface area contributed by atoms with Gasteiger partial charge in [0.2, 0.25) is 0 Å². The fourth-order valence-electron chi connectivity index (χ4n) is 3.17. The molecule has 1 heterocycles. The standard InChI is InChI=1S/C17H22N2O/c20-15-5-3-4-13(10-15)11-18-12-14-8-9-19-17-7-2-1-6-16(14)17/h1-2,6-9,13,15,18,20H,3-5,10-12H2. The molecule has 3 rings (SSSR count). The molecule has 1 fully saturated rings. The summed E-state index contributed by atoms with van der Waals surface area (Å²) >= 11 is 0. The molecule has 1 aromatic carbocycles. The smallest absolute Gasteiger partial charge is 0.0705 e. The highest BCUT2D eigenvalue weighted by Crippen LogP contribution is 2.23. The van der Waals surface area contributed by atoms with E-state index in [9.17, 15) is 5.11 Å². The van der Waals surface area contributed by atoms with Gasteiger partial charge >= 0.3 is 0 Å². The van der Waals surface area contributed by atoms with E-state index < -0.39 is 0 Å². The average molecular weight is 270 g/mol. The lowest BCUT2D eigenvalue weighted by atomic mass is 9.87. The number of fused-ring (bicyclic) bond motifs is 1.